The number of hydrogen-bond donors (Lipinski definition) is 7. The van der Waals surface area contributed by atoms with E-state index in [2.05, 4.69) is 28.2 Å². The maximum absolute atomic E-state index is 13.1. The summed E-state index contributed by atoms with van der Waals surface area (Å²) in [5, 5.41) is 24.4. The predicted octanol–water partition coefficient (Wildman–Crippen LogP) is -0.122. The summed E-state index contributed by atoms with van der Waals surface area (Å²) >= 11 is 4.13. The van der Waals surface area contributed by atoms with Crippen LogP contribution in [0.1, 0.15) is 31.2 Å². The van der Waals surface area contributed by atoms with Crippen LogP contribution in [0.4, 0.5) is 0 Å². The van der Waals surface area contributed by atoms with Crippen LogP contribution < -0.4 is 16.4 Å². The first kappa shape index (κ1) is 28.0. The molecule has 2 aromatic rings. The van der Waals surface area contributed by atoms with Crippen LogP contribution >= 0.6 is 12.6 Å². The van der Waals surface area contributed by atoms with Crippen LogP contribution in [0.15, 0.2) is 30.5 Å². The summed E-state index contributed by atoms with van der Waals surface area (Å²) in [4.78, 5) is 65.6. The minimum atomic E-state index is -1.28. The van der Waals surface area contributed by atoms with Crippen molar-refractivity contribution in [3.63, 3.8) is 0 Å². The fourth-order valence-electron chi connectivity index (χ4n) is 4.39. The number of fused-ring (bicyclic) bond motifs is 1. The number of rotatable bonds is 12. The molecule has 12 nitrogen and oxygen atoms in total. The Balaban J connectivity index is 1.65. The van der Waals surface area contributed by atoms with Crippen molar-refractivity contribution in [2.45, 2.75) is 56.3 Å². The molecule has 1 aliphatic rings. The molecular formula is C24H31N5O7S. The molecular weight excluding hydrogens is 502 g/mol. The molecule has 13 heteroatoms. The SMILES string of the molecule is NC(Cc1c[nH]c2ccccc12)C(=O)NC(CS)C(=O)NC(CCC(=O)O)C(=O)N1CCCC1C(=O)O. The van der Waals surface area contributed by atoms with Crippen LogP contribution in [0.2, 0.25) is 0 Å². The van der Waals surface area contributed by atoms with Crippen LogP contribution in [-0.4, -0.2) is 86.2 Å². The number of amides is 3. The number of nitrogens with zero attached hydrogens (tertiary/aromatic N) is 1. The predicted molar refractivity (Wildman–Crippen MR) is 137 cm³/mol. The number of likely N-dealkylation sites (tertiary alicyclic amines) is 1. The van der Waals surface area contributed by atoms with Gasteiger partial charge in [0, 0.05) is 35.8 Å². The standard InChI is InChI=1S/C24H31N5O7S/c25-15(10-13-11-26-16-5-2-1-4-14(13)16)21(32)28-18(12-37)22(33)27-17(7-8-20(30)31)23(34)29-9-3-6-19(29)24(35)36/h1-2,4-5,11,15,17-19,26,37H,3,6-10,12,25H2,(H,27,33)(H,28,32)(H,30,31)(H,35,36). The molecule has 200 valence electrons. The molecule has 0 spiro atoms. The van der Waals surface area contributed by atoms with E-state index in [0.717, 1.165) is 21.4 Å². The van der Waals surface area contributed by atoms with Crippen molar-refractivity contribution in [3.8, 4) is 0 Å². The molecule has 1 fully saturated rings. The van der Waals surface area contributed by atoms with E-state index in [0.29, 0.717) is 6.42 Å². The summed E-state index contributed by atoms with van der Waals surface area (Å²) in [5.41, 5.74) is 7.83. The molecule has 1 aromatic carbocycles. The third kappa shape index (κ3) is 7.01. The lowest BCUT2D eigenvalue weighted by Gasteiger charge is -2.28. The molecule has 4 atom stereocenters. The number of para-hydroxylation sites is 1. The minimum Gasteiger partial charge on any atom is -0.481 e. The fraction of sp³-hybridized carbons (Fsp3) is 0.458. The van der Waals surface area contributed by atoms with Gasteiger partial charge in [-0.3, -0.25) is 19.2 Å². The lowest BCUT2D eigenvalue weighted by molar-refractivity contribution is -0.150. The van der Waals surface area contributed by atoms with Crippen LogP contribution in [-0.2, 0) is 30.4 Å². The number of carboxylic acid groups (broad SMARTS) is 2. The third-order valence-corrected chi connectivity index (χ3v) is 6.71. The van der Waals surface area contributed by atoms with Crippen molar-refractivity contribution in [3.05, 3.63) is 36.0 Å². The highest BCUT2D eigenvalue weighted by atomic mass is 32.1. The Morgan fingerprint density at radius 1 is 1.11 bits per heavy atom. The van der Waals surface area contributed by atoms with Crippen molar-refractivity contribution in [2.24, 2.45) is 5.73 Å². The van der Waals surface area contributed by atoms with Crippen molar-refractivity contribution < 1.29 is 34.2 Å². The van der Waals surface area contributed by atoms with E-state index in [9.17, 15) is 29.1 Å². The molecule has 0 bridgehead atoms. The molecule has 0 radical (unpaired) electrons. The Kier molecular flexibility index (Phi) is 9.53. The Hall–Kier alpha value is -3.58. The number of aromatic nitrogens is 1. The molecule has 3 amide bonds. The number of aromatic amines is 1. The number of H-pyrrole nitrogens is 1. The molecule has 1 aromatic heterocycles. The first-order chi connectivity index (χ1) is 17.6. The number of carboxylic acids is 2. The first-order valence-corrected chi connectivity index (χ1v) is 12.5. The fourth-order valence-corrected chi connectivity index (χ4v) is 4.64. The highest BCUT2D eigenvalue weighted by Gasteiger charge is 2.38. The van der Waals surface area contributed by atoms with Crippen LogP contribution in [0.3, 0.4) is 0 Å². The topological polar surface area (TPSA) is 195 Å². The van der Waals surface area contributed by atoms with Crippen molar-refractivity contribution in [2.75, 3.05) is 12.3 Å². The van der Waals surface area contributed by atoms with E-state index in [1.54, 1.807) is 6.20 Å². The van der Waals surface area contributed by atoms with Gasteiger partial charge in [-0.15, -0.1) is 0 Å². The Labute approximate surface area is 218 Å². The van der Waals surface area contributed by atoms with Gasteiger partial charge >= 0.3 is 11.9 Å². The van der Waals surface area contributed by atoms with Crippen molar-refractivity contribution in [1.82, 2.24) is 20.5 Å². The van der Waals surface area contributed by atoms with Gasteiger partial charge in [-0.2, -0.15) is 12.6 Å². The van der Waals surface area contributed by atoms with E-state index >= 15 is 0 Å². The van der Waals surface area contributed by atoms with Crippen molar-refractivity contribution >= 4 is 53.2 Å². The third-order valence-electron chi connectivity index (χ3n) is 6.35. The number of aliphatic carboxylic acids is 2. The molecule has 2 heterocycles. The summed E-state index contributed by atoms with van der Waals surface area (Å²) < 4.78 is 0. The normalized spacial score (nSPS) is 17.7. The summed E-state index contributed by atoms with van der Waals surface area (Å²) in [6.45, 7) is 0.185. The number of thiol groups is 1. The number of carbonyl (C=O) groups excluding carboxylic acids is 3. The number of benzene rings is 1. The second-order valence-electron chi connectivity index (χ2n) is 8.94. The Morgan fingerprint density at radius 2 is 1.81 bits per heavy atom. The molecule has 1 aliphatic heterocycles. The lowest BCUT2D eigenvalue weighted by atomic mass is 10.0. The molecule has 7 N–H and O–H groups in total. The first-order valence-electron chi connectivity index (χ1n) is 11.9. The minimum absolute atomic E-state index is 0.112. The largest absolute Gasteiger partial charge is 0.481 e. The monoisotopic (exact) mass is 533 g/mol. The smallest absolute Gasteiger partial charge is 0.326 e. The van der Waals surface area contributed by atoms with Gasteiger partial charge in [0.2, 0.25) is 17.7 Å². The zero-order chi connectivity index (χ0) is 27.1. The second kappa shape index (κ2) is 12.6. The van der Waals surface area contributed by atoms with Crippen LogP contribution in [0.5, 0.6) is 0 Å². The molecule has 37 heavy (non-hydrogen) atoms. The summed E-state index contributed by atoms with van der Waals surface area (Å²) in [6, 6.07) is 3.11. The summed E-state index contributed by atoms with van der Waals surface area (Å²) in [5.74, 6) is -4.49. The summed E-state index contributed by atoms with van der Waals surface area (Å²) in [6.07, 6.45) is 2.06. The molecule has 0 saturated carbocycles. The highest BCUT2D eigenvalue weighted by Crippen LogP contribution is 2.20. The van der Waals surface area contributed by atoms with Crippen LogP contribution in [0.25, 0.3) is 10.9 Å². The van der Waals surface area contributed by atoms with Gasteiger partial charge in [0.15, 0.2) is 0 Å². The van der Waals surface area contributed by atoms with Gasteiger partial charge in [-0.05, 0) is 37.3 Å². The van der Waals surface area contributed by atoms with Gasteiger partial charge in [-0.25, -0.2) is 4.79 Å². The van der Waals surface area contributed by atoms with E-state index in [1.807, 2.05) is 24.3 Å². The number of hydrogen-bond acceptors (Lipinski definition) is 7. The van der Waals surface area contributed by atoms with Crippen LogP contribution in [0, 0.1) is 0 Å². The molecule has 0 aliphatic carbocycles. The van der Waals surface area contributed by atoms with Gasteiger partial charge in [0.25, 0.3) is 0 Å². The van der Waals surface area contributed by atoms with Gasteiger partial charge in [0.1, 0.15) is 18.1 Å². The maximum atomic E-state index is 13.1. The number of nitrogens with two attached hydrogens (primary N) is 1. The average Bonchev–Trinajstić information content (AvgIpc) is 3.52. The van der Waals surface area contributed by atoms with E-state index in [-0.39, 0.29) is 31.6 Å². The highest BCUT2D eigenvalue weighted by molar-refractivity contribution is 7.80. The van der Waals surface area contributed by atoms with Gasteiger partial charge < -0.3 is 36.5 Å². The van der Waals surface area contributed by atoms with E-state index in [1.165, 1.54) is 0 Å². The summed E-state index contributed by atoms with van der Waals surface area (Å²) in [7, 11) is 0. The molecule has 1 saturated heterocycles. The zero-order valence-corrected chi connectivity index (χ0v) is 20.9. The van der Waals surface area contributed by atoms with E-state index < -0.39 is 60.2 Å². The lowest BCUT2D eigenvalue weighted by Crippen LogP contribution is -2.57. The quantitative estimate of drug-likeness (QED) is 0.183. The molecule has 3 rings (SSSR count). The van der Waals surface area contributed by atoms with Gasteiger partial charge in [0.05, 0.1) is 6.04 Å². The van der Waals surface area contributed by atoms with E-state index in [4.69, 9.17) is 10.8 Å². The van der Waals surface area contributed by atoms with Crippen molar-refractivity contribution in [1.29, 1.82) is 0 Å². The molecule has 4 unspecified atom stereocenters. The number of carbonyl (C=O) groups is 5. The second-order valence-corrected chi connectivity index (χ2v) is 9.30. The Bertz CT molecular complexity index is 1170. The maximum Gasteiger partial charge on any atom is 0.326 e. The number of nitrogens with one attached hydrogen (secondary N) is 3. The Morgan fingerprint density at radius 3 is 2.49 bits per heavy atom. The zero-order valence-electron chi connectivity index (χ0n) is 20.1. The van der Waals surface area contributed by atoms with Gasteiger partial charge in [-0.1, -0.05) is 18.2 Å². The average molecular weight is 534 g/mol.